The molecule has 13 heteroatoms. The van der Waals surface area contributed by atoms with Crippen molar-refractivity contribution >= 4 is 49.9 Å². The predicted octanol–water partition coefficient (Wildman–Crippen LogP) is 2.03. The summed E-state index contributed by atoms with van der Waals surface area (Å²) in [5, 5.41) is 23.7. The minimum atomic E-state index is -4.23. The lowest BCUT2D eigenvalue weighted by atomic mass is 10.1. The van der Waals surface area contributed by atoms with E-state index in [1.54, 1.807) is 30.3 Å². The maximum atomic E-state index is 12.8. The molecule has 3 N–H and O–H groups in total. The smallest absolute Gasteiger partial charge is 0.348 e. The summed E-state index contributed by atoms with van der Waals surface area (Å²) >= 11 is 5.68. The number of carbonyl (C=O) groups is 1. The molecule has 3 aromatic rings. The van der Waals surface area contributed by atoms with E-state index in [1.165, 1.54) is 12.1 Å². The highest BCUT2D eigenvalue weighted by Gasteiger charge is 2.28. The number of rotatable bonds is 8. The zero-order valence-corrected chi connectivity index (χ0v) is 16.6. The number of aromatic nitrogens is 2. The van der Waals surface area contributed by atoms with E-state index in [-0.39, 0.29) is 10.7 Å². The van der Waals surface area contributed by atoms with E-state index in [0.29, 0.717) is 10.8 Å². The first-order chi connectivity index (χ1) is 14.2. The van der Waals surface area contributed by atoms with Crippen LogP contribution in [-0.2, 0) is 14.8 Å². The number of carboxylic acids is 1. The van der Waals surface area contributed by atoms with Crippen LogP contribution in [0.5, 0.6) is 0 Å². The molecular formula is C17H14ClN5O6S. The lowest BCUT2D eigenvalue weighted by molar-refractivity contribution is -0.384. The predicted molar refractivity (Wildman–Crippen MR) is 108 cm³/mol. The van der Waals surface area contributed by atoms with Crippen molar-refractivity contribution in [3.05, 3.63) is 64.1 Å². The minimum absolute atomic E-state index is 0.0945. The Bertz CT molecular complexity index is 1230. The molecule has 1 atom stereocenters. The molecule has 1 heterocycles. The molecule has 0 saturated heterocycles. The van der Waals surface area contributed by atoms with Crippen molar-refractivity contribution in [2.75, 3.05) is 11.9 Å². The highest BCUT2D eigenvalue weighted by Crippen LogP contribution is 2.28. The summed E-state index contributed by atoms with van der Waals surface area (Å²) in [6, 6.07) is 9.70. The van der Waals surface area contributed by atoms with Gasteiger partial charge in [-0.3, -0.25) is 14.9 Å². The SMILES string of the molecule is O=C(O)[C@H](CNc1ncnc(Cl)c1[N+](=O)[O-])NS(=O)(=O)c1cccc2ccccc12. The summed E-state index contributed by atoms with van der Waals surface area (Å²) in [4.78, 5) is 29.0. The summed E-state index contributed by atoms with van der Waals surface area (Å²) in [6.45, 7) is -0.534. The quantitative estimate of drug-likeness (QED) is 0.264. The van der Waals surface area contributed by atoms with Gasteiger partial charge in [0, 0.05) is 11.9 Å². The molecule has 0 bridgehead atoms. The molecule has 0 saturated carbocycles. The van der Waals surface area contributed by atoms with E-state index in [4.69, 9.17) is 11.6 Å². The second-order valence-corrected chi connectivity index (χ2v) is 8.03. The van der Waals surface area contributed by atoms with Crippen LogP contribution in [0.1, 0.15) is 0 Å². The second kappa shape index (κ2) is 8.57. The first-order valence-electron chi connectivity index (χ1n) is 8.32. The van der Waals surface area contributed by atoms with Gasteiger partial charge in [-0.15, -0.1) is 0 Å². The summed E-state index contributed by atoms with van der Waals surface area (Å²) in [5.41, 5.74) is -0.653. The van der Waals surface area contributed by atoms with Crippen LogP contribution in [0.15, 0.2) is 53.7 Å². The molecule has 156 valence electrons. The molecule has 0 spiro atoms. The number of benzene rings is 2. The first kappa shape index (κ1) is 21.4. The number of nitrogens with one attached hydrogen (secondary N) is 2. The third-order valence-electron chi connectivity index (χ3n) is 4.07. The maximum absolute atomic E-state index is 12.8. The van der Waals surface area contributed by atoms with E-state index in [2.05, 4.69) is 20.0 Å². The molecular weight excluding hydrogens is 438 g/mol. The van der Waals surface area contributed by atoms with E-state index < -0.39 is 44.3 Å². The molecule has 11 nitrogen and oxygen atoms in total. The number of anilines is 1. The number of halogens is 1. The molecule has 0 aliphatic carbocycles. The molecule has 0 aliphatic rings. The van der Waals surface area contributed by atoms with Crippen LogP contribution < -0.4 is 10.0 Å². The Morgan fingerprint density at radius 2 is 1.90 bits per heavy atom. The van der Waals surface area contributed by atoms with E-state index >= 15 is 0 Å². The summed E-state index contributed by atoms with van der Waals surface area (Å²) in [5.74, 6) is -1.83. The van der Waals surface area contributed by atoms with Gasteiger partial charge in [-0.05, 0) is 11.5 Å². The normalized spacial score (nSPS) is 12.4. The zero-order chi connectivity index (χ0) is 21.9. The van der Waals surface area contributed by atoms with Gasteiger partial charge < -0.3 is 10.4 Å². The van der Waals surface area contributed by atoms with Gasteiger partial charge in [0.15, 0.2) is 0 Å². The largest absolute Gasteiger partial charge is 0.480 e. The Hall–Kier alpha value is -3.35. The lowest BCUT2D eigenvalue weighted by Crippen LogP contribution is -2.45. The summed E-state index contributed by atoms with van der Waals surface area (Å²) in [7, 11) is -4.23. The monoisotopic (exact) mass is 451 g/mol. The van der Waals surface area contributed by atoms with Crippen LogP contribution >= 0.6 is 11.6 Å². The first-order valence-corrected chi connectivity index (χ1v) is 10.2. The number of aliphatic carboxylic acids is 1. The molecule has 30 heavy (non-hydrogen) atoms. The average Bonchev–Trinajstić information content (AvgIpc) is 2.70. The highest BCUT2D eigenvalue weighted by atomic mass is 35.5. The van der Waals surface area contributed by atoms with Gasteiger partial charge in [-0.25, -0.2) is 18.4 Å². The second-order valence-electron chi connectivity index (χ2n) is 5.99. The standard InChI is InChI=1S/C17H14ClN5O6S/c18-15-14(23(26)27)16(21-9-20-15)19-8-12(17(24)25)22-30(28,29)13-7-3-5-10-4-1-2-6-11(10)13/h1-7,9,12,22H,8H2,(H,24,25)(H,19,20,21)/t12-/m0/s1. The highest BCUT2D eigenvalue weighted by molar-refractivity contribution is 7.89. The Morgan fingerprint density at radius 1 is 1.20 bits per heavy atom. The lowest BCUT2D eigenvalue weighted by Gasteiger charge is -2.17. The zero-order valence-electron chi connectivity index (χ0n) is 15.0. The van der Waals surface area contributed by atoms with Crippen LogP contribution in [0.25, 0.3) is 10.8 Å². The number of carboxylic acid groups (broad SMARTS) is 1. The topological polar surface area (TPSA) is 164 Å². The fourth-order valence-electron chi connectivity index (χ4n) is 2.71. The number of hydrogen-bond acceptors (Lipinski definition) is 8. The van der Waals surface area contributed by atoms with Crippen LogP contribution in [0.3, 0.4) is 0 Å². The maximum Gasteiger partial charge on any atom is 0.348 e. The van der Waals surface area contributed by atoms with Crippen molar-refractivity contribution in [2.24, 2.45) is 0 Å². The molecule has 1 aromatic heterocycles. The Balaban J connectivity index is 1.87. The van der Waals surface area contributed by atoms with E-state index in [9.17, 15) is 28.4 Å². The number of hydrogen-bond donors (Lipinski definition) is 3. The number of nitrogens with zero attached hydrogens (tertiary/aromatic N) is 3. The van der Waals surface area contributed by atoms with Crippen LogP contribution in [0, 0.1) is 10.1 Å². The molecule has 0 aliphatic heterocycles. The van der Waals surface area contributed by atoms with Gasteiger partial charge >= 0.3 is 11.7 Å². The van der Waals surface area contributed by atoms with Gasteiger partial charge in [0.1, 0.15) is 12.4 Å². The number of fused-ring (bicyclic) bond motifs is 1. The molecule has 3 rings (SSSR count). The van der Waals surface area contributed by atoms with Crippen molar-refractivity contribution in [1.82, 2.24) is 14.7 Å². The molecule has 2 aromatic carbocycles. The van der Waals surface area contributed by atoms with Gasteiger partial charge in [0.2, 0.25) is 21.0 Å². The van der Waals surface area contributed by atoms with Crippen LogP contribution in [-0.4, -0.2) is 47.0 Å². The third kappa shape index (κ3) is 4.45. The van der Waals surface area contributed by atoms with Crippen LogP contribution in [0.2, 0.25) is 5.15 Å². The molecule has 0 radical (unpaired) electrons. The number of sulfonamides is 1. The minimum Gasteiger partial charge on any atom is -0.480 e. The van der Waals surface area contributed by atoms with Crippen molar-refractivity contribution in [2.45, 2.75) is 10.9 Å². The van der Waals surface area contributed by atoms with E-state index in [1.807, 2.05) is 0 Å². The van der Waals surface area contributed by atoms with Crippen molar-refractivity contribution in [3.63, 3.8) is 0 Å². The van der Waals surface area contributed by atoms with E-state index in [0.717, 1.165) is 6.33 Å². The van der Waals surface area contributed by atoms with Gasteiger partial charge in [-0.1, -0.05) is 48.0 Å². The van der Waals surface area contributed by atoms with Gasteiger partial charge in [0.25, 0.3) is 0 Å². The Kier molecular flexibility index (Phi) is 6.10. The number of nitro groups is 1. The molecule has 0 unspecified atom stereocenters. The third-order valence-corrected chi connectivity index (χ3v) is 5.87. The fraction of sp³-hybridized carbons (Fsp3) is 0.118. The van der Waals surface area contributed by atoms with Crippen molar-refractivity contribution in [1.29, 1.82) is 0 Å². The summed E-state index contributed by atoms with van der Waals surface area (Å²) in [6.07, 6.45) is 0.952. The molecule has 0 fully saturated rings. The summed E-state index contributed by atoms with van der Waals surface area (Å²) < 4.78 is 27.8. The molecule has 0 amide bonds. The Morgan fingerprint density at radius 3 is 2.60 bits per heavy atom. The Labute approximate surface area is 174 Å². The average molecular weight is 452 g/mol. The van der Waals surface area contributed by atoms with Crippen molar-refractivity contribution < 1.29 is 23.2 Å². The van der Waals surface area contributed by atoms with Gasteiger partial charge in [-0.2, -0.15) is 4.72 Å². The van der Waals surface area contributed by atoms with Crippen molar-refractivity contribution in [3.8, 4) is 0 Å². The van der Waals surface area contributed by atoms with Gasteiger partial charge in [0.05, 0.1) is 9.82 Å². The fourth-order valence-corrected chi connectivity index (χ4v) is 4.33. The van der Waals surface area contributed by atoms with Crippen LogP contribution in [0.4, 0.5) is 11.5 Å².